The number of nitro benzene ring substituents is 1. The lowest BCUT2D eigenvalue weighted by Gasteiger charge is -2.16. The van der Waals surface area contributed by atoms with Crippen LogP contribution in [0.2, 0.25) is 0 Å². The van der Waals surface area contributed by atoms with E-state index < -0.39 is 32.8 Å². The summed E-state index contributed by atoms with van der Waals surface area (Å²) >= 11 is 0. The normalized spacial score (nSPS) is 12.7. The molecule has 1 aromatic carbocycles. The number of hydrogen-bond donors (Lipinski definition) is 0. The SMILES string of the molecule is N#C[C@H](C(c1ccc([N+](=O)[O-])cc1)[C@@H](C#N)[N+](=O)[O-])[N+](=O)[O-]. The minimum Gasteiger partial charge on any atom is -0.263 e. The maximum absolute atomic E-state index is 10.9. The number of nitro groups is 3. The Balaban J connectivity index is 3.40. The molecule has 2 atom stereocenters. The van der Waals surface area contributed by atoms with Gasteiger partial charge in [0.1, 0.15) is 18.1 Å². The fourth-order valence-electron chi connectivity index (χ4n) is 1.87. The van der Waals surface area contributed by atoms with Gasteiger partial charge in [-0.3, -0.25) is 30.3 Å². The van der Waals surface area contributed by atoms with Crippen LogP contribution in [0.4, 0.5) is 5.69 Å². The predicted molar refractivity (Wildman–Crippen MR) is 68.6 cm³/mol. The Hall–Kier alpha value is -3.60. The number of hydrogen-bond acceptors (Lipinski definition) is 8. The van der Waals surface area contributed by atoms with E-state index in [2.05, 4.69) is 0 Å². The summed E-state index contributed by atoms with van der Waals surface area (Å²) in [6.07, 6.45) is 0. The topological polar surface area (TPSA) is 177 Å². The van der Waals surface area contributed by atoms with Crippen molar-refractivity contribution in [2.45, 2.75) is 18.0 Å². The molecule has 0 amide bonds. The molecule has 1 rings (SSSR count). The number of benzene rings is 1. The van der Waals surface area contributed by atoms with Crippen molar-refractivity contribution in [3.63, 3.8) is 0 Å². The minimum atomic E-state index is -2.03. The molecule has 0 fully saturated rings. The zero-order valence-corrected chi connectivity index (χ0v) is 10.7. The molecule has 0 N–H and O–H groups in total. The molecular formula is C11H7N5O6. The van der Waals surface area contributed by atoms with Crippen molar-refractivity contribution >= 4 is 5.69 Å². The molecule has 1 aromatic rings. The summed E-state index contributed by atoms with van der Waals surface area (Å²) < 4.78 is 0. The van der Waals surface area contributed by atoms with Crippen molar-refractivity contribution in [1.29, 1.82) is 10.5 Å². The third kappa shape index (κ3) is 3.29. The van der Waals surface area contributed by atoms with Crippen LogP contribution in [0.15, 0.2) is 24.3 Å². The van der Waals surface area contributed by atoms with Gasteiger partial charge >= 0.3 is 12.1 Å². The average molecular weight is 305 g/mol. The van der Waals surface area contributed by atoms with E-state index >= 15 is 0 Å². The van der Waals surface area contributed by atoms with E-state index in [9.17, 15) is 30.3 Å². The summed E-state index contributed by atoms with van der Waals surface area (Å²) in [7, 11) is 0. The van der Waals surface area contributed by atoms with Gasteiger partial charge in [0.15, 0.2) is 0 Å². The van der Waals surface area contributed by atoms with Gasteiger partial charge in [-0.15, -0.1) is 0 Å². The van der Waals surface area contributed by atoms with E-state index in [-0.39, 0.29) is 11.3 Å². The Morgan fingerprint density at radius 1 is 0.864 bits per heavy atom. The first kappa shape index (κ1) is 16.5. The van der Waals surface area contributed by atoms with Gasteiger partial charge in [-0.25, -0.2) is 0 Å². The van der Waals surface area contributed by atoms with Crippen LogP contribution in [0.3, 0.4) is 0 Å². The molecule has 0 saturated carbocycles. The lowest BCUT2D eigenvalue weighted by molar-refractivity contribution is -0.548. The van der Waals surface area contributed by atoms with Crippen LogP contribution in [0, 0.1) is 53.0 Å². The first-order valence-electron chi connectivity index (χ1n) is 5.64. The van der Waals surface area contributed by atoms with E-state index in [1.54, 1.807) is 0 Å². The number of nitriles is 2. The zero-order valence-electron chi connectivity index (χ0n) is 10.7. The Labute approximate surface area is 122 Å². The maximum atomic E-state index is 10.9. The Bertz CT molecular complexity index is 656. The van der Waals surface area contributed by atoms with Crippen LogP contribution in [0.25, 0.3) is 0 Å². The van der Waals surface area contributed by atoms with Crippen molar-refractivity contribution in [3.05, 3.63) is 60.2 Å². The molecule has 0 heterocycles. The third-order valence-electron chi connectivity index (χ3n) is 2.89. The highest BCUT2D eigenvalue weighted by Gasteiger charge is 2.46. The minimum absolute atomic E-state index is 0.0721. The first-order valence-corrected chi connectivity index (χ1v) is 5.64. The lowest BCUT2D eigenvalue weighted by atomic mass is 9.86. The summed E-state index contributed by atoms with van der Waals surface area (Å²) in [5.41, 5.74) is -0.399. The van der Waals surface area contributed by atoms with Crippen LogP contribution in [0.5, 0.6) is 0 Å². The fourth-order valence-corrected chi connectivity index (χ4v) is 1.87. The molecule has 0 saturated heterocycles. The molecule has 0 aliphatic rings. The predicted octanol–water partition coefficient (Wildman–Crippen LogP) is 1.02. The van der Waals surface area contributed by atoms with Crippen LogP contribution in [-0.4, -0.2) is 26.9 Å². The van der Waals surface area contributed by atoms with Gasteiger partial charge in [-0.05, 0) is 5.56 Å². The third-order valence-corrected chi connectivity index (χ3v) is 2.89. The Kier molecular flexibility index (Phi) is 5.02. The van der Waals surface area contributed by atoms with Gasteiger partial charge in [0.2, 0.25) is 0 Å². The highest BCUT2D eigenvalue weighted by atomic mass is 16.6. The number of nitrogens with zero attached hydrogens (tertiary/aromatic N) is 5. The van der Waals surface area contributed by atoms with E-state index in [1.807, 2.05) is 0 Å². The van der Waals surface area contributed by atoms with Crippen LogP contribution in [-0.2, 0) is 0 Å². The second kappa shape index (κ2) is 6.71. The lowest BCUT2D eigenvalue weighted by Crippen LogP contribution is -2.37. The largest absolute Gasteiger partial charge is 0.311 e. The first-order chi connectivity index (χ1) is 10.3. The molecule has 0 aliphatic heterocycles. The summed E-state index contributed by atoms with van der Waals surface area (Å²) in [6, 6.07) is 2.68. The molecule has 112 valence electrons. The molecule has 0 unspecified atom stereocenters. The van der Waals surface area contributed by atoms with Crippen molar-refractivity contribution < 1.29 is 14.8 Å². The van der Waals surface area contributed by atoms with Crippen molar-refractivity contribution in [1.82, 2.24) is 0 Å². The van der Waals surface area contributed by atoms with Crippen LogP contribution in [0.1, 0.15) is 11.5 Å². The second-order valence-corrected chi connectivity index (χ2v) is 4.09. The number of rotatable bonds is 6. The molecule has 0 spiro atoms. The van der Waals surface area contributed by atoms with E-state index in [0.717, 1.165) is 24.3 Å². The van der Waals surface area contributed by atoms with E-state index in [4.69, 9.17) is 10.5 Å². The van der Waals surface area contributed by atoms with Crippen molar-refractivity contribution in [2.24, 2.45) is 0 Å². The molecule has 0 radical (unpaired) electrons. The zero-order chi connectivity index (χ0) is 16.9. The molecule has 22 heavy (non-hydrogen) atoms. The molecule has 0 aliphatic carbocycles. The van der Waals surface area contributed by atoms with Gasteiger partial charge in [-0.1, -0.05) is 12.1 Å². The summed E-state index contributed by atoms with van der Waals surface area (Å²) in [5, 5.41) is 50.1. The Morgan fingerprint density at radius 3 is 1.55 bits per heavy atom. The quantitative estimate of drug-likeness (QED) is 0.551. The van der Waals surface area contributed by atoms with Crippen LogP contribution < -0.4 is 0 Å². The molecule has 0 aromatic heterocycles. The fraction of sp³-hybridized carbons (Fsp3) is 0.273. The van der Waals surface area contributed by atoms with Gasteiger partial charge in [0.25, 0.3) is 5.69 Å². The standard InChI is InChI=1S/C11H7N5O6/c12-5-9(15(19)20)11(10(6-13)16(21)22)7-1-3-8(4-2-7)14(17)18/h1-4,9-11H/t9-,10-/m1/s1. The molecule has 11 heteroatoms. The molecular weight excluding hydrogens is 298 g/mol. The molecule has 0 bridgehead atoms. The Morgan fingerprint density at radius 2 is 1.27 bits per heavy atom. The second-order valence-electron chi connectivity index (χ2n) is 4.09. The van der Waals surface area contributed by atoms with Crippen molar-refractivity contribution in [3.8, 4) is 12.1 Å². The highest BCUT2D eigenvalue weighted by molar-refractivity contribution is 5.36. The van der Waals surface area contributed by atoms with Gasteiger partial charge < -0.3 is 0 Å². The van der Waals surface area contributed by atoms with Gasteiger partial charge in [0, 0.05) is 22.0 Å². The average Bonchev–Trinajstić information content (AvgIpc) is 2.46. The monoisotopic (exact) mass is 305 g/mol. The summed E-state index contributed by atoms with van der Waals surface area (Å²) in [4.78, 5) is 29.6. The van der Waals surface area contributed by atoms with E-state index in [0.29, 0.717) is 0 Å². The maximum Gasteiger partial charge on any atom is 0.311 e. The van der Waals surface area contributed by atoms with E-state index in [1.165, 1.54) is 12.1 Å². The highest BCUT2D eigenvalue weighted by Crippen LogP contribution is 2.28. The summed E-state index contributed by atoms with van der Waals surface area (Å²) in [5.74, 6) is -1.65. The smallest absolute Gasteiger partial charge is 0.263 e. The van der Waals surface area contributed by atoms with Gasteiger partial charge in [-0.2, -0.15) is 10.5 Å². The molecule has 11 nitrogen and oxygen atoms in total. The van der Waals surface area contributed by atoms with Crippen molar-refractivity contribution in [2.75, 3.05) is 0 Å². The van der Waals surface area contributed by atoms with Gasteiger partial charge in [0.05, 0.1) is 4.92 Å². The summed E-state index contributed by atoms with van der Waals surface area (Å²) in [6.45, 7) is 0. The van der Waals surface area contributed by atoms with Crippen LogP contribution >= 0.6 is 0 Å². The number of non-ortho nitro benzene ring substituents is 1.